The van der Waals surface area contributed by atoms with Crippen LogP contribution >= 0.6 is 0 Å². The van der Waals surface area contributed by atoms with Crippen LogP contribution in [0.25, 0.3) is 11.1 Å². The van der Waals surface area contributed by atoms with Gasteiger partial charge in [0.1, 0.15) is 24.0 Å². The van der Waals surface area contributed by atoms with Crippen LogP contribution in [0.15, 0.2) is 24.3 Å². The third kappa shape index (κ3) is 3.22. The summed E-state index contributed by atoms with van der Waals surface area (Å²) in [6.45, 7) is 8.94. The Bertz CT molecular complexity index is 731. The Morgan fingerprint density at radius 3 is 2.26 bits per heavy atom. The predicted octanol–water partition coefficient (Wildman–Crippen LogP) is 5.09. The van der Waals surface area contributed by atoms with E-state index in [1.807, 2.05) is 13.8 Å². The molecule has 1 aliphatic rings. The molecule has 0 bridgehead atoms. The van der Waals surface area contributed by atoms with Crippen LogP contribution in [-0.4, -0.2) is 5.11 Å². The number of rotatable bonds is 1. The van der Waals surface area contributed by atoms with Crippen molar-refractivity contribution >= 4 is 0 Å². The molecule has 2 aromatic rings. The van der Waals surface area contributed by atoms with E-state index >= 15 is 0 Å². The fourth-order valence-electron chi connectivity index (χ4n) is 2.59. The van der Waals surface area contributed by atoms with Gasteiger partial charge in [0, 0.05) is 16.7 Å². The van der Waals surface area contributed by atoms with E-state index in [0.717, 1.165) is 0 Å². The molecular formula is C19H22F2O2. The molecule has 1 heterocycles. The summed E-state index contributed by atoms with van der Waals surface area (Å²) in [5.74, 6) is -0.241. The third-order valence-corrected chi connectivity index (χ3v) is 3.79. The van der Waals surface area contributed by atoms with Crippen molar-refractivity contribution in [1.29, 1.82) is 0 Å². The van der Waals surface area contributed by atoms with Gasteiger partial charge in [0.05, 0.1) is 5.60 Å². The van der Waals surface area contributed by atoms with Crippen LogP contribution in [0.1, 0.15) is 44.4 Å². The first-order valence-corrected chi connectivity index (χ1v) is 7.76. The number of halogens is 2. The fourth-order valence-corrected chi connectivity index (χ4v) is 2.59. The van der Waals surface area contributed by atoms with Gasteiger partial charge in [0.25, 0.3) is 0 Å². The smallest absolute Gasteiger partial charge is 0.129 e. The number of aliphatic hydroxyl groups is 1. The maximum Gasteiger partial charge on any atom is 0.129 e. The van der Waals surface area contributed by atoms with Crippen molar-refractivity contribution in [1.82, 2.24) is 0 Å². The van der Waals surface area contributed by atoms with Crippen LogP contribution in [0.3, 0.4) is 0 Å². The first-order valence-electron chi connectivity index (χ1n) is 7.76. The standard InChI is InChI=1S/C17H16F2O2.C2H6/c1-9-4-16-12(7-14(9)18)11-6-13(17(2,3)20)15(19)5-10(11)8-21-16;1-2/h4-7,20H,8H2,1-3H3;1-2H3. The first-order chi connectivity index (χ1) is 10.8. The van der Waals surface area contributed by atoms with E-state index in [2.05, 4.69) is 0 Å². The second-order valence-corrected chi connectivity index (χ2v) is 5.93. The summed E-state index contributed by atoms with van der Waals surface area (Å²) in [6, 6.07) is 5.97. The van der Waals surface area contributed by atoms with Crippen LogP contribution in [-0.2, 0) is 12.2 Å². The zero-order valence-corrected chi connectivity index (χ0v) is 14.1. The summed E-state index contributed by atoms with van der Waals surface area (Å²) < 4.78 is 33.5. The molecule has 2 nitrogen and oxygen atoms in total. The molecule has 0 spiro atoms. The van der Waals surface area contributed by atoms with Crippen LogP contribution in [0, 0.1) is 18.6 Å². The predicted molar refractivity (Wildman–Crippen MR) is 87.5 cm³/mol. The Morgan fingerprint density at radius 2 is 1.65 bits per heavy atom. The lowest BCUT2D eigenvalue weighted by Gasteiger charge is -2.25. The molecule has 0 radical (unpaired) electrons. The van der Waals surface area contributed by atoms with Crippen molar-refractivity contribution < 1.29 is 18.6 Å². The quantitative estimate of drug-likeness (QED) is 0.793. The van der Waals surface area contributed by atoms with E-state index in [9.17, 15) is 13.9 Å². The highest BCUT2D eigenvalue weighted by atomic mass is 19.1. The van der Waals surface area contributed by atoms with Gasteiger partial charge in [-0.2, -0.15) is 0 Å². The largest absolute Gasteiger partial charge is 0.488 e. The molecule has 1 N–H and O–H groups in total. The number of hydrogen-bond donors (Lipinski definition) is 1. The van der Waals surface area contributed by atoms with Gasteiger partial charge in [0.15, 0.2) is 0 Å². The molecule has 0 aromatic heterocycles. The lowest BCUT2D eigenvalue weighted by Crippen LogP contribution is -2.19. The Morgan fingerprint density at radius 1 is 1.00 bits per heavy atom. The second-order valence-electron chi connectivity index (χ2n) is 5.93. The lowest BCUT2D eigenvalue weighted by atomic mass is 9.89. The van der Waals surface area contributed by atoms with Gasteiger partial charge >= 0.3 is 0 Å². The van der Waals surface area contributed by atoms with Crippen LogP contribution in [0.5, 0.6) is 5.75 Å². The van der Waals surface area contributed by atoms with Gasteiger partial charge in [-0.1, -0.05) is 13.8 Å². The third-order valence-electron chi connectivity index (χ3n) is 3.79. The molecule has 0 fully saturated rings. The van der Waals surface area contributed by atoms with Crippen LogP contribution in [0.4, 0.5) is 8.78 Å². The van der Waals surface area contributed by atoms with Crippen molar-refractivity contribution in [2.24, 2.45) is 0 Å². The van der Waals surface area contributed by atoms with Crippen molar-refractivity contribution in [3.63, 3.8) is 0 Å². The average molecular weight is 320 g/mol. The van der Waals surface area contributed by atoms with Gasteiger partial charge in [-0.15, -0.1) is 0 Å². The van der Waals surface area contributed by atoms with E-state index in [4.69, 9.17) is 4.74 Å². The SMILES string of the molecule is CC.Cc1cc2c(cc1F)-c1cc(C(C)(C)O)c(F)cc1CO2. The van der Waals surface area contributed by atoms with Crippen LogP contribution < -0.4 is 4.74 Å². The average Bonchev–Trinajstić information content (AvgIpc) is 2.49. The zero-order valence-electron chi connectivity index (χ0n) is 14.1. The molecule has 0 amide bonds. The van der Waals surface area contributed by atoms with E-state index in [1.54, 1.807) is 19.1 Å². The second kappa shape index (κ2) is 6.28. The summed E-state index contributed by atoms with van der Waals surface area (Å²) >= 11 is 0. The summed E-state index contributed by atoms with van der Waals surface area (Å²) in [6.07, 6.45) is 0. The molecule has 0 saturated carbocycles. The molecule has 0 unspecified atom stereocenters. The molecular weight excluding hydrogens is 298 g/mol. The Balaban J connectivity index is 0.000000924. The molecule has 0 atom stereocenters. The maximum atomic E-state index is 14.1. The molecule has 4 heteroatoms. The summed E-state index contributed by atoms with van der Waals surface area (Å²) in [5.41, 5.74) is 1.33. The van der Waals surface area contributed by atoms with E-state index in [1.165, 1.54) is 26.0 Å². The minimum atomic E-state index is -1.30. The highest BCUT2D eigenvalue weighted by Crippen LogP contribution is 2.41. The van der Waals surface area contributed by atoms with E-state index in [-0.39, 0.29) is 18.0 Å². The van der Waals surface area contributed by atoms with Crippen molar-refractivity contribution in [2.45, 2.75) is 46.8 Å². The maximum absolute atomic E-state index is 14.1. The monoisotopic (exact) mass is 320 g/mol. The van der Waals surface area contributed by atoms with Gasteiger partial charge in [0.2, 0.25) is 0 Å². The molecule has 124 valence electrons. The van der Waals surface area contributed by atoms with Gasteiger partial charge < -0.3 is 9.84 Å². The summed E-state index contributed by atoms with van der Waals surface area (Å²) in [4.78, 5) is 0. The van der Waals surface area contributed by atoms with Gasteiger partial charge in [-0.3, -0.25) is 0 Å². The molecule has 23 heavy (non-hydrogen) atoms. The molecule has 1 aliphatic heterocycles. The Labute approximate surface area is 135 Å². The minimum Gasteiger partial charge on any atom is -0.488 e. The summed E-state index contributed by atoms with van der Waals surface area (Å²) in [7, 11) is 0. The number of hydrogen-bond acceptors (Lipinski definition) is 2. The normalized spacial score (nSPS) is 12.5. The molecule has 0 aliphatic carbocycles. The van der Waals surface area contributed by atoms with Crippen molar-refractivity contribution in [3.05, 3.63) is 52.6 Å². The molecule has 2 aromatic carbocycles. The van der Waals surface area contributed by atoms with E-state index in [0.29, 0.717) is 28.0 Å². The van der Waals surface area contributed by atoms with Crippen molar-refractivity contribution in [2.75, 3.05) is 0 Å². The molecule has 3 rings (SSSR count). The first kappa shape index (κ1) is 17.4. The lowest BCUT2D eigenvalue weighted by molar-refractivity contribution is 0.0745. The fraction of sp³-hybridized carbons (Fsp3) is 0.368. The van der Waals surface area contributed by atoms with Crippen molar-refractivity contribution in [3.8, 4) is 16.9 Å². The zero-order chi connectivity index (χ0) is 17.4. The summed E-state index contributed by atoms with van der Waals surface area (Å²) in [5, 5.41) is 10.1. The highest BCUT2D eigenvalue weighted by Gasteiger charge is 2.26. The number of aryl methyl sites for hydroxylation is 1. The van der Waals surface area contributed by atoms with Crippen LogP contribution in [0.2, 0.25) is 0 Å². The number of ether oxygens (including phenoxy) is 1. The van der Waals surface area contributed by atoms with E-state index < -0.39 is 11.4 Å². The van der Waals surface area contributed by atoms with Gasteiger partial charge in [-0.05, 0) is 56.2 Å². The number of benzene rings is 2. The van der Waals surface area contributed by atoms with Gasteiger partial charge in [-0.25, -0.2) is 8.78 Å². The number of fused-ring (bicyclic) bond motifs is 3. The Kier molecular flexibility index (Phi) is 4.76. The highest BCUT2D eigenvalue weighted by molar-refractivity contribution is 5.76. The minimum absolute atomic E-state index is 0.190. The Hall–Kier alpha value is -1.94. The molecule has 0 saturated heterocycles. The topological polar surface area (TPSA) is 29.5 Å².